The van der Waals surface area contributed by atoms with Crippen LogP contribution in [0, 0.1) is 0 Å². The minimum atomic E-state index is -0.0866. The number of thiazole rings is 1. The van der Waals surface area contributed by atoms with E-state index in [0.717, 1.165) is 11.4 Å². The van der Waals surface area contributed by atoms with E-state index in [1.54, 1.807) is 17.1 Å². The van der Waals surface area contributed by atoms with Gasteiger partial charge in [0.15, 0.2) is 4.96 Å². The molecule has 1 N–H and O–H groups in total. The van der Waals surface area contributed by atoms with Crippen LogP contribution in [0.3, 0.4) is 0 Å². The molecule has 1 aromatic carbocycles. The second kappa shape index (κ2) is 6.10. The van der Waals surface area contributed by atoms with E-state index in [-0.39, 0.29) is 5.56 Å². The van der Waals surface area contributed by atoms with Crippen LogP contribution < -0.4 is 10.9 Å². The Hall–Kier alpha value is -2.64. The lowest BCUT2D eigenvalue weighted by Gasteiger charge is -2.12. The molecular weight excluding hydrogens is 346 g/mol. The molecule has 0 fully saturated rings. The van der Waals surface area contributed by atoms with Crippen molar-refractivity contribution in [2.75, 3.05) is 5.32 Å². The van der Waals surface area contributed by atoms with Crippen molar-refractivity contribution in [3.8, 4) is 5.69 Å². The maximum atomic E-state index is 12.0. The van der Waals surface area contributed by atoms with Gasteiger partial charge in [0.05, 0.1) is 23.6 Å². The van der Waals surface area contributed by atoms with Gasteiger partial charge in [-0.2, -0.15) is 5.10 Å². The van der Waals surface area contributed by atoms with Crippen LogP contribution in [0.15, 0.2) is 59.1 Å². The van der Waals surface area contributed by atoms with Crippen molar-refractivity contribution in [3.05, 3.63) is 75.4 Å². The third kappa shape index (κ3) is 2.79. The van der Waals surface area contributed by atoms with Crippen molar-refractivity contribution in [2.45, 2.75) is 6.54 Å². The fourth-order valence-electron chi connectivity index (χ4n) is 2.43. The van der Waals surface area contributed by atoms with E-state index in [1.807, 2.05) is 35.8 Å². The number of aromatic nitrogens is 4. The molecule has 6 nitrogen and oxygen atoms in total. The smallest absolute Gasteiger partial charge is 0.258 e. The number of benzene rings is 1. The zero-order chi connectivity index (χ0) is 16.5. The summed E-state index contributed by atoms with van der Waals surface area (Å²) in [5, 5.41) is 10.00. The molecular formula is C16H12ClN5OS. The molecule has 0 bridgehead atoms. The monoisotopic (exact) mass is 357 g/mol. The first-order valence-corrected chi connectivity index (χ1v) is 8.46. The van der Waals surface area contributed by atoms with Gasteiger partial charge in [0.25, 0.3) is 5.56 Å². The molecule has 4 rings (SSSR count). The Kier molecular flexibility index (Phi) is 3.79. The summed E-state index contributed by atoms with van der Waals surface area (Å²) >= 11 is 7.54. The van der Waals surface area contributed by atoms with Gasteiger partial charge in [-0.05, 0) is 24.3 Å². The molecule has 0 unspecified atom stereocenters. The molecule has 24 heavy (non-hydrogen) atoms. The summed E-state index contributed by atoms with van der Waals surface area (Å²) in [4.78, 5) is 17.2. The predicted octanol–water partition coefficient (Wildman–Crippen LogP) is 3.21. The van der Waals surface area contributed by atoms with E-state index in [0.29, 0.717) is 22.2 Å². The Morgan fingerprint density at radius 1 is 1.25 bits per heavy atom. The molecule has 0 saturated heterocycles. The van der Waals surface area contributed by atoms with Crippen molar-refractivity contribution >= 4 is 33.6 Å². The lowest BCUT2D eigenvalue weighted by atomic mass is 10.2. The van der Waals surface area contributed by atoms with Crippen molar-refractivity contribution in [3.63, 3.8) is 0 Å². The lowest BCUT2D eigenvalue weighted by molar-refractivity contribution is 0.878. The van der Waals surface area contributed by atoms with Gasteiger partial charge < -0.3 is 5.32 Å². The van der Waals surface area contributed by atoms with E-state index < -0.39 is 0 Å². The van der Waals surface area contributed by atoms with Gasteiger partial charge in [-0.3, -0.25) is 9.20 Å². The summed E-state index contributed by atoms with van der Waals surface area (Å²) in [5.74, 6) is 0. The number of nitrogens with zero attached hydrogens (tertiary/aromatic N) is 4. The standard InChI is InChI=1S/C16H12ClN5OS/c17-11-2-3-14(22-5-1-4-19-22)13(8-11)18-10-12-9-15(23)21-6-7-24-16(21)20-12/h1-9,18H,10H2. The average molecular weight is 358 g/mol. The van der Waals surface area contributed by atoms with Gasteiger partial charge in [-0.1, -0.05) is 11.6 Å². The zero-order valence-electron chi connectivity index (χ0n) is 12.4. The number of fused-ring (bicyclic) bond motifs is 1. The van der Waals surface area contributed by atoms with Crippen molar-refractivity contribution < 1.29 is 0 Å². The first-order chi connectivity index (χ1) is 11.7. The van der Waals surface area contributed by atoms with Crippen LogP contribution in [0.2, 0.25) is 5.02 Å². The normalized spacial score (nSPS) is 11.0. The van der Waals surface area contributed by atoms with Gasteiger partial charge >= 0.3 is 0 Å². The van der Waals surface area contributed by atoms with Crippen molar-refractivity contribution in [2.24, 2.45) is 0 Å². The molecule has 0 radical (unpaired) electrons. The SMILES string of the molecule is O=c1cc(CNc2cc(Cl)ccc2-n2cccn2)nc2sccn12. The molecule has 120 valence electrons. The number of hydrogen-bond acceptors (Lipinski definition) is 5. The minimum absolute atomic E-state index is 0.0866. The van der Waals surface area contributed by atoms with E-state index in [9.17, 15) is 4.79 Å². The van der Waals surface area contributed by atoms with Crippen LogP contribution in [-0.2, 0) is 6.54 Å². The summed E-state index contributed by atoms with van der Waals surface area (Å²) in [6.07, 6.45) is 5.29. The van der Waals surface area contributed by atoms with Crippen LogP contribution in [0.1, 0.15) is 5.69 Å². The van der Waals surface area contributed by atoms with Crippen LogP contribution in [-0.4, -0.2) is 19.2 Å². The summed E-state index contributed by atoms with van der Waals surface area (Å²) < 4.78 is 3.28. The molecule has 3 heterocycles. The van der Waals surface area contributed by atoms with E-state index >= 15 is 0 Å². The van der Waals surface area contributed by atoms with Crippen molar-refractivity contribution in [1.29, 1.82) is 0 Å². The molecule has 4 aromatic rings. The summed E-state index contributed by atoms with van der Waals surface area (Å²) in [5.41, 5.74) is 2.28. The largest absolute Gasteiger partial charge is 0.378 e. The van der Waals surface area contributed by atoms with Crippen LogP contribution in [0.25, 0.3) is 10.6 Å². The Bertz CT molecular complexity index is 1050. The van der Waals surface area contributed by atoms with Gasteiger partial charge in [-0.25, -0.2) is 9.67 Å². The minimum Gasteiger partial charge on any atom is -0.378 e. The Morgan fingerprint density at radius 2 is 2.17 bits per heavy atom. The molecule has 3 aromatic heterocycles. The van der Waals surface area contributed by atoms with Crippen LogP contribution in [0.5, 0.6) is 0 Å². The number of hydrogen-bond donors (Lipinski definition) is 1. The summed E-state index contributed by atoms with van der Waals surface area (Å²) in [6, 6.07) is 8.92. The highest BCUT2D eigenvalue weighted by Crippen LogP contribution is 2.24. The maximum absolute atomic E-state index is 12.0. The summed E-state index contributed by atoms with van der Waals surface area (Å²) in [7, 11) is 0. The molecule has 8 heteroatoms. The van der Waals surface area contributed by atoms with Crippen LogP contribution >= 0.6 is 22.9 Å². The van der Waals surface area contributed by atoms with Gasteiger partial charge in [0.1, 0.15) is 0 Å². The Labute approximate surface area is 146 Å². The third-order valence-corrected chi connectivity index (χ3v) is 4.52. The first-order valence-electron chi connectivity index (χ1n) is 7.20. The number of rotatable bonds is 4. The van der Waals surface area contributed by atoms with E-state index in [2.05, 4.69) is 15.4 Å². The van der Waals surface area contributed by atoms with Gasteiger partial charge in [0.2, 0.25) is 0 Å². The lowest BCUT2D eigenvalue weighted by Crippen LogP contribution is -2.15. The molecule has 0 aliphatic carbocycles. The number of halogens is 1. The number of nitrogens with one attached hydrogen (secondary N) is 1. The predicted molar refractivity (Wildman–Crippen MR) is 95.2 cm³/mol. The molecule has 0 aliphatic heterocycles. The summed E-state index contributed by atoms with van der Waals surface area (Å²) in [6.45, 7) is 0.415. The van der Waals surface area contributed by atoms with Crippen LogP contribution in [0.4, 0.5) is 5.69 Å². The molecule has 0 amide bonds. The molecule has 0 saturated carbocycles. The molecule has 0 atom stereocenters. The second-order valence-corrected chi connectivity index (χ2v) is 6.42. The molecule has 0 aliphatic rings. The first kappa shape index (κ1) is 14.9. The van der Waals surface area contributed by atoms with Crippen molar-refractivity contribution in [1.82, 2.24) is 19.2 Å². The Balaban J connectivity index is 1.65. The highest BCUT2D eigenvalue weighted by atomic mass is 35.5. The van der Waals surface area contributed by atoms with E-state index in [4.69, 9.17) is 11.6 Å². The third-order valence-electron chi connectivity index (χ3n) is 3.53. The number of anilines is 1. The van der Waals surface area contributed by atoms with Gasteiger partial charge in [0, 0.05) is 35.1 Å². The second-order valence-electron chi connectivity index (χ2n) is 5.11. The maximum Gasteiger partial charge on any atom is 0.258 e. The topological polar surface area (TPSA) is 64.2 Å². The highest BCUT2D eigenvalue weighted by Gasteiger charge is 2.08. The van der Waals surface area contributed by atoms with E-state index in [1.165, 1.54) is 21.8 Å². The fraction of sp³-hybridized carbons (Fsp3) is 0.0625. The zero-order valence-corrected chi connectivity index (χ0v) is 14.0. The van der Waals surface area contributed by atoms with Gasteiger partial charge in [-0.15, -0.1) is 11.3 Å². The fourth-order valence-corrected chi connectivity index (χ4v) is 3.34. The quantitative estimate of drug-likeness (QED) is 0.609. The molecule has 0 spiro atoms. The Morgan fingerprint density at radius 3 is 3.00 bits per heavy atom. The average Bonchev–Trinajstić information content (AvgIpc) is 3.24. The highest BCUT2D eigenvalue weighted by molar-refractivity contribution is 7.15.